The van der Waals surface area contributed by atoms with Gasteiger partial charge in [-0.2, -0.15) is 0 Å². The van der Waals surface area contributed by atoms with Crippen LogP contribution in [0.1, 0.15) is 30.9 Å². The summed E-state index contributed by atoms with van der Waals surface area (Å²) < 4.78 is 5.81. The van der Waals surface area contributed by atoms with Gasteiger partial charge in [0.2, 0.25) is 0 Å². The summed E-state index contributed by atoms with van der Waals surface area (Å²) in [7, 11) is 0. The third-order valence-electron chi connectivity index (χ3n) is 3.44. The molecular weight excluding hydrogens is 198 g/mol. The fourth-order valence-electron chi connectivity index (χ4n) is 2.09. The van der Waals surface area contributed by atoms with E-state index >= 15 is 0 Å². The lowest BCUT2D eigenvalue weighted by Crippen LogP contribution is -2.35. The first kappa shape index (κ1) is 11.6. The predicted molar refractivity (Wildman–Crippen MR) is 66.2 cm³/mol. The highest BCUT2D eigenvalue weighted by Gasteiger charge is 2.28. The summed E-state index contributed by atoms with van der Waals surface area (Å²) in [5.41, 5.74) is 8.24. The Kier molecular flexibility index (Phi) is 3.97. The van der Waals surface area contributed by atoms with E-state index in [-0.39, 0.29) is 0 Å². The molecule has 2 rings (SSSR count). The fraction of sp³-hybridized carbons (Fsp3) is 0.571. The van der Waals surface area contributed by atoms with Gasteiger partial charge in [-0.1, -0.05) is 31.2 Å². The van der Waals surface area contributed by atoms with Crippen LogP contribution < -0.4 is 5.73 Å². The number of nitrogens with two attached hydrogens (primary N) is 1. The van der Waals surface area contributed by atoms with E-state index in [1.54, 1.807) is 0 Å². The van der Waals surface area contributed by atoms with E-state index in [0.717, 1.165) is 32.4 Å². The van der Waals surface area contributed by atoms with Crippen molar-refractivity contribution in [1.82, 2.24) is 0 Å². The Balaban J connectivity index is 1.73. The van der Waals surface area contributed by atoms with Crippen molar-refractivity contribution in [3.05, 3.63) is 35.4 Å². The average molecular weight is 219 g/mol. The van der Waals surface area contributed by atoms with Crippen molar-refractivity contribution in [3.63, 3.8) is 0 Å². The zero-order valence-electron chi connectivity index (χ0n) is 9.99. The molecule has 0 unspecified atom stereocenters. The van der Waals surface area contributed by atoms with Gasteiger partial charge in [-0.15, -0.1) is 0 Å². The monoisotopic (exact) mass is 219 g/mol. The Morgan fingerprint density at radius 2 is 1.81 bits per heavy atom. The summed E-state index contributed by atoms with van der Waals surface area (Å²) in [6.07, 6.45) is 3.83. The van der Waals surface area contributed by atoms with Gasteiger partial charge in [0, 0.05) is 0 Å². The van der Waals surface area contributed by atoms with Crippen LogP contribution >= 0.6 is 0 Å². The molecular formula is C14H21NO. The molecule has 0 amide bonds. The van der Waals surface area contributed by atoms with Crippen LogP contribution in [0.5, 0.6) is 0 Å². The summed E-state index contributed by atoms with van der Waals surface area (Å²) in [6, 6.07) is 8.69. The molecule has 0 radical (unpaired) electrons. The highest BCUT2D eigenvalue weighted by Crippen LogP contribution is 2.29. The molecule has 0 bridgehead atoms. The first-order valence-electron chi connectivity index (χ1n) is 6.21. The van der Waals surface area contributed by atoms with Crippen LogP contribution in [-0.4, -0.2) is 12.6 Å². The smallest absolute Gasteiger partial charge is 0.0720 e. The van der Waals surface area contributed by atoms with Crippen LogP contribution in [0.2, 0.25) is 0 Å². The highest BCUT2D eigenvalue weighted by atomic mass is 16.5. The van der Waals surface area contributed by atoms with Gasteiger partial charge >= 0.3 is 0 Å². The Morgan fingerprint density at radius 3 is 2.38 bits per heavy atom. The summed E-state index contributed by atoms with van der Waals surface area (Å²) in [4.78, 5) is 0. The van der Waals surface area contributed by atoms with E-state index in [4.69, 9.17) is 10.5 Å². The van der Waals surface area contributed by atoms with Crippen LogP contribution in [0.4, 0.5) is 0 Å². The molecule has 1 aromatic carbocycles. The number of rotatable bonds is 5. The van der Waals surface area contributed by atoms with Gasteiger partial charge in [-0.05, 0) is 42.9 Å². The summed E-state index contributed by atoms with van der Waals surface area (Å²) in [5.74, 6) is 0.701. The van der Waals surface area contributed by atoms with Crippen molar-refractivity contribution in [2.45, 2.75) is 38.9 Å². The molecule has 1 saturated carbocycles. The van der Waals surface area contributed by atoms with Crippen molar-refractivity contribution in [1.29, 1.82) is 0 Å². The molecule has 2 N–H and O–H groups in total. The lowest BCUT2D eigenvalue weighted by molar-refractivity contribution is -0.0376. The summed E-state index contributed by atoms with van der Waals surface area (Å²) in [6.45, 7) is 3.73. The Labute approximate surface area is 97.8 Å². The molecule has 0 heterocycles. The normalized spacial score (nSPS) is 24.1. The maximum atomic E-state index is 5.81. The predicted octanol–water partition coefficient (Wildman–Crippen LogP) is 2.50. The number of hydrogen-bond donors (Lipinski definition) is 1. The van der Waals surface area contributed by atoms with Gasteiger partial charge in [0.05, 0.1) is 12.7 Å². The molecule has 0 spiro atoms. The third kappa shape index (κ3) is 2.83. The minimum absolute atomic E-state index is 0.444. The lowest BCUT2D eigenvalue weighted by Gasteiger charge is -2.34. The second-order valence-electron chi connectivity index (χ2n) is 4.68. The van der Waals surface area contributed by atoms with Crippen molar-refractivity contribution in [2.24, 2.45) is 11.7 Å². The third-order valence-corrected chi connectivity index (χ3v) is 3.44. The van der Waals surface area contributed by atoms with Gasteiger partial charge < -0.3 is 10.5 Å². The quantitative estimate of drug-likeness (QED) is 0.826. The first-order chi connectivity index (χ1) is 7.81. The van der Waals surface area contributed by atoms with E-state index in [9.17, 15) is 0 Å². The topological polar surface area (TPSA) is 35.2 Å². The van der Waals surface area contributed by atoms with Crippen molar-refractivity contribution in [2.75, 3.05) is 6.54 Å². The SMILES string of the molecule is CCc1ccc(COC2CC(CN)C2)cc1. The number of aryl methyl sites for hydroxylation is 1. The van der Waals surface area contributed by atoms with E-state index in [1.807, 2.05) is 0 Å². The summed E-state index contributed by atoms with van der Waals surface area (Å²) >= 11 is 0. The zero-order chi connectivity index (χ0) is 11.4. The Bertz CT molecular complexity index is 314. The van der Waals surface area contributed by atoms with Gasteiger partial charge in [0.1, 0.15) is 0 Å². The second-order valence-corrected chi connectivity index (χ2v) is 4.68. The molecule has 1 aromatic rings. The zero-order valence-corrected chi connectivity index (χ0v) is 9.99. The molecule has 1 aliphatic rings. The van der Waals surface area contributed by atoms with Crippen LogP contribution in [-0.2, 0) is 17.8 Å². The number of benzene rings is 1. The minimum atomic E-state index is 0.444. The maximum Gasteiger partial charge on any atom is 0.0720 e. The highest BCUT2D eigenvalue weighted by molar-refractivity contribution is 5.21. The largest absolute Gasteiger partial charge is 0.374 e. The van der Waals surface area contributed by atoms with Crippen molar-refractivity contribution < 1.29 is 4.74 Å². The fourth-order valence-corrected chi connectivity index (χ4v) is 2.09. The van der Waals surface area contributed by atoms with Gasteiger partial charge in [0.25, 0.3) is 0 Å². The first-order valence-corrected chi connectivity index (χ1v) is 6.21. The Hall–Kier alpha value is -0.860. The molecule has 16 heavy (non-hydrogen) atoms. The molecule has 0 aliphatic heterocycles. The van der Waals surface area contributed by atoms with Crippen LogP contribution in [0.3, 0.4) is 0 Å². The molecule has 2 nitrogen and oxygen atoms in total. The van der Waals surface area contributed by atoms with Crippen LogP contribution in [0, 0.1) is 5.92 Å². The van der Waals surface area contributed by atoms with Gasteiger partial charge in [0.15, 0.2) is 0 Å². The molecule has 2 heteroatoms. The van der Waals surface area contributed by atoms with E-state index in [2.05, 4.69) is 31.2 Å². The average Bonchev–Trinajstić information content (AvgIpc) is 2.28. The molecule has 0 saturated heterocycles. The number of hydrogen-bond acceptors (Lipinski definition) is 2. The molecule has 1 fully saturated rings. The second kappa shape index (κ2) is 5.46. The van der Waals surface area contributed by atoms with Crippen molar-refractivity contribution >= 4 is 0 Å². The van der Waals surface area contributed by atoms with E-state index < -0.39 is 0 Å². The molecule has 0 aromatic heterocycles. The van der Waals surface area contributed by atoms with E-state index in [0.29, 0.717) is 12.0 Å². The summed E-state index contributed by atoms with van der Waals surface area (Å²) in [5, 5.41) is 0. The van der Waals surface area contributed by atoms with Gasteiger partial charge in [-0.25, -0.2) is 0 Å². The maximum absolute atomic E-state index is 5.81. The minimum Gasteiger partial charge on any atom is -0.374 e. The van der Waals surface area contributed by atoms with Crippen LogP contribution in [0.25, 0.3) is 0 Å². The van der Waals surface area contributed by atoms with Gasteiger partial charge in [-0.3, -0.25) is 0 Å². The standard InChI is InChI=1S/C14H21NO/c1-2-11-3-5-12(6-4-11)10-16-14-7-13(8-14)9-15/h3-6,13-14H,2,7-10,15H2,1H3. The molecule has 1 aliphatic carbocycles. The van der Waals surface area contributed by atoms with E-state index in [1.165, 1.54) is 11.1 Å². The van der Waals surface area contributed by atoms with Crippen molar-refractivity contribution in [3.8, 4) is 0 Å². The molecule has 88 valence electrons. The molecule has 0 atom stereocenters. The number of ether oxygens (including phenoxy) is 1. The van der Waals surface area contributed by atoms with Crippen LogP contribution in [0.15, 0.2) is 24.3 Å². The Morgan fingerprint density at radius 1 is 1.19 bits per heavy atom. The lowest BCUT2D eigenvalue weighted by atomic mass is 9.82.